The van der Waals surface area contributed by atoms with E-state index in [0.717, 1.165) is 64.9 Å². The molecule has 4 aromatic rings. The van der Waals surface area contributed by atoms with Gasteiger partial charge < -0.3 is 5.11 Å². The van der Waals surface area contributed by atoms with Crippen LogP contribution in [0.3, 0.4) is 0 Å². The number of carboxylic acids is 1. The Morgan fingerprint density at radius 1 is 0.909 bits per heavy atom. The van der Waals surface area contributed by atoms with Crippen LogP contribution < -0.4 is 0 Å². The maximum absolute atomic E-state index is 11.7. The summed E-state index contributed by atoms with van der Waals surface area (Å²) < 4.78 is 2.29. The van der Waals surface area contributed by atoms with E-state index in [1.165, 1.54) is 18.4 Å². The molecule has 0 fully saturated rings. The van der Waals surface area contributed by atoms with Crippen LogP contribution in [0.15, 0.2) is 60.7 Å². The molecule has 4 nitrogen and oxygen atoms in total. The molecule has 0 spiro atoms. The van der Waals surface area contributed by atoms with Crippen LogP contribution in [0.2, 0.25) is 0 Å². The minimum Gasteiger partial charge on any atom is -0.478 e. The predicted octanol–water partition coefficient (Wildman–Crippen LogP) is 7.38. The molecule has 0 saturated carbocycles. The minimum absolute atomic E-state index is 0.325. The summed E-state index contributed by atoms with van der Waals surface area (Å²) in [7, 11) is 0. The van der Waals surface area contributed by atoms with Crippen molar-refractivity contribution in [2.75, 3.05) is 0 Å². The van der Waals surface area contributed by atoms with Crippen molar-refractivity contribution in [2.24, 2.45) is 0 Å². The van der Waals surface area contributed by atoms with Crippen LogP contribution in [0.5, 0.6) is 0 Å². The highest BCUT2D eigenvalue weighted by Crippen LogP contribution is 2.31. The Labute approximate surface area is 195 Å². The van der Waals surface area contributed by atoms with E-state index in [1.54, 1.807) is 12.1 Å². The van der Waals surface area contributed by atoms with E-state index in [2.05, 4.69) is 55.7 Å². The average Bonchev–Trinajstić information content (AvgIpc) is 3.18. The number of aromatic carboxylic acids is 1. The van der Waals surface area contributed by atoms with Gasteiger partial charge in [-0.1, -0.05) is 57.0 Å². The maximum Gasteiger partial charge on any atom is 0.336 e. The molecule has 0 saturated heterocycles. The minimum atomic E-state index is -0.906. The Bertz CT molecular complexity index is 1290. The van der Waals surface area contributed by atoms with E-state index in [9.17, 15) is 9.90 Å². The van der Waals surface area contributed by atoms with E-state index in [0.29, 0.717) is 5.56 Å². The van der Waals surface area contributed by atoms with Gasteiger partial charge in [0.25, 0.3) is 0 Å². The first-order chi connectivity index (χ1) is 16.0. The highest BCUT2D eigenvalue weighted by atomic mass is 16.4. The fraction of sp³-hybridized carbons (Fsp3) is 0.310. The molecule has 4 rings (SSSR count). The van der Waals surface area contributed by atoms with Gasteiger partial charge in [0.2, 0.25) is 0 Å². The summed E-state index contributed by atoms with van der Waals surface area (Å²) in [6, 6.07) is 20.1. The molecule has 1 heterocycles. The SMILES string of the molecule is CCCCc1ccc2nc(CCCC)n(-c3ccc(-c4ccccc4C(=O)O)c(C)c3)c2c1. The smallest absolute Gasteiger partial charge is 0.336 e. The van der Waals surface area contributed by atoms with Gasteiger partial charge in [-0.2, -0.15) is 0 Å². The second-order valence-electron chi connectivity index (χ2n) is 8.74. The van der Waals surface area contributed by atoms with Gasteiger partial charge in [0, 0.05) is 12.1 Å². The Kier molecular flexibility index (Phi) is 6.93. The molecule has 0 aliphatic rings. The van der Waals surface area contributed by atoms with Crippen LogP contribution in [-0.2, 0) is 12.8 Å². The van der Waals surface area contributed by atoms with E-state index in [-0.39, 0.29) is 0 Å². The van der Waals surface area contributed by atoms with Crippen molar-refractivity contribution >= 4 is 17.0 Å². The average molecular weight is 441 g/mol. The molecule has 0 aliphatic heterocycles. The molecule has 33 heavy (non-hydrogen) atoms. The Morgan fingerprint density at radius 2 is 1.67 bits per heavy atom. The largest absolute Gasteiger partial charge is 0.478 e. The number of fused-ring (bicyclic) bond motifs is 1. The summed E-state index contributed by atoms with van der Waals surface area (Å²) in [6.45, 7) is 6.47. The second-order valence-corrected chi connectivity index (χ2v) is 8.74. The zero-order chi connectivity index (χ0) is 23.4. The van der Waals surface area contributed by atoms with E-state index in [1.807, 2.05) is 18.2 Å². The normalized spacial score (nSPS) is 11.2. The van der Waals surface area contributed by atoms with Gasteiger partial charge in [0.1, 0.15) is 5.82 Å². The number of imidazole rings is 1. The van der Waals surface area contributed by atoms with Gasteiger partial charge in [0.05, 0.1) is 16.6 Å². The molecule has 0 aliphatic carbocycles. The van der Waals surface area contributed by atoms with Gasteiger partial charge >= 0.3 is 5.97 Å². The van der Waals surface area contributed by atoms with Crippen molar-refractivity contribution < 1.29 is 9.90 Å². The van der Waals surface area contributed by atoms with Crippen LogP contribution in [0.25, 0.3) is 27.8 Å². The highest BCUT2D eigenvalue weighted by Gasteiger charge is 2.16. The number of hydrogen-bond donors (Lipinski definition) is 1. The van der Waals surface area contributed by atoms with Gasteiger partial charge in [-0.25, -0.2) is 9.78 Å². The number of nitrogens with zero attached hydrogens (tertiary/aromatic N) is 2. The van der Waals surface area contributed by atoms with E-state index >= 15 is 0 Å². The van der Waals surface area contributed by atoms with Crippen molar-refractivity contribution in [3.63, 3.8) is 0 Å². The molecule has 0 bridgehead atoms. The van der Waals surface area contributed by atoms with E-state index in [4.69, 9.17) is 4.98 Å². The summed E-state index contributed by atoms with van der Waals surface area (Å²) in [5, 5.41) is 9.64. The number of rotatable bonds is 9. The monoisotopic (exact) mass is 440 g/mol. The highest BCUT2D eigenvalue weighted by molar-refractivity contribution is 5.96. The fourth-order valence-corrected chi connectivity index (χ4v) is 4.49. The topological polar surface area (TPSA) is 55.1 Å². The summed E-state index contributed by atoms with van der Waals surface area (Å²) in [4.78, 5) is 16.7. The molecule has 4 heteroatoms. The summed E-state index contributed by atoms with van der Waals surface area (Å²) >= 11 is 0. The molecule has 1 aromatic heterocycles. The van der Waals surface area contributed by atoms with Crippen molar-refractivity contribution in [1.29, 1.82) is 0 Å². The zero-order valence-corrected chi connectivity index (χ0v) is 19.8. The number of aromatic nitrogens is 2. The lowest BCUT2D eigenvalue weighted by Crippen LogP contribution is -2.03. The quantitative estimate of drug-likeness (QED) is 0.295. The molecule has 0 radical (unpaired) electrons. The predicted molar refractivity (Wildman–Crippen MR) is 135 cm³/mol. The standard InChI is InChI=1S/C29H32N2O2/c1-4-6-10-21-14-17-26-27(19-21)31(28(30-26)13-7-5-2)22-15-16-23(20(3)18-22)24-11-8-9-12-25(24)29(32)33/h8-9,11-12,14-19H,4-7,10,13H2,1-3H3,(H,32,33). The number of unbranched alkanes of at least 4 members (excludes halogenated alkanes) is 2. The van der Waals surface area contributed by atoms with Crippen molar-refractivity contribution in [3.05, 3.63) is 83.2 Å². The lowest BCUT2D eigenvalue weighted by molar-refractivity contribution is 0.0697. The zero-order valence-electron chi connectivity index (χ0n) is 19.8. The number of carboxylic acid groups (broad SMARTS) is 1. The van der Waals surface area contributed by atoms with Crippen LogP contribution in [-0.4, -0.2) is 20.6 Å². The maximum atomic E-state index is 11.7. The van der Waals surface area contributed by atoms with Crippen molar-refractivity contribution in [1.82, 2.24) is 9.55 Å². The third-order valence-corrected chi connectivity index (χ3v) is 6.28. The van der Waals surface area contributed by atoms with Crippen molar-refractivity contribution in [2.45, 2.75) is 59.3 Å². The Balaban J connectivity index is 1.84. The lowest BCUT2D eigenvalue weighted by Gasteiger charge is -2.14. The summed E-state index contributed by atoms with van der Waals surface area (Å²) in [5.74, 6) is 0.175. The van der Waals surface area contributed by atoms with Crippen LogP contribution in [0.1, 0.15) is 66.8 Å². The molecular weight excluding hydrogens is 408 g/mol. The van der Waals surface area contributed by atoms with Gasteiger partial charge in [-0.15, -0.1) is 0 Å². The van der Waals surface area contributed by atoms with Crippen LogP contribution >= 0.6 is 0 Å². The van der Waals surface area contributed by atoms with E-state index < -0.39 is 5.97 Å². The molecule has 170 valence electrons. The molecule has 0 unspecified atom stereocenters. The Hall–Kier alpha value is -3.40. The molecule has 0 amide bonds. The first-order valence-corrected chi connectivity index (χ1v) is 12.0. The van der Waals surface area contributed by atoms with Crippen molar-refractivity contribution in [3.8, 4) is 16.8 Å². The number of carbonyl (C=O) groups is 1. The first kappa shape index (κ1) is 22.8. The third-order valence-electron chi connectivity index (χ3n) is 6.28. The second kappa shape index (κ2) is 10.0. The van der Waals surface area contributed by atoms with Gasteiger partial charge in [-0.3, -0.25) is 4.57 Å². The van der Waals surface area contributed by atoms with Crippen LogP contribution in [0, 0.1) is 6.92 Å². The molecule has 0 atom stereocenters. The molecular formula is C29H32N2O2. The number of hydrogen-bond acceptors (Lipinski definition) is 2. The fourth-order valence-electron chi connectivity index (χ4n) is 4.49. The molecule has 3 aromatic carbocycles. The summed E-state index contributed by atoms with van der Waals surface area (Å²) in [5.41, 5.74) is 7.66. The first-order valence-electron chi connectivity index (χ1n) is 12.0. The number of benzene rings is 3. The number of aryl methyl sites for hydroxylation is 3. The lowest BCUT2D eigenvalue weighted by atomic mass is 9.95. The Morgan fingerprint density at radius 3 is 2.39 bits per heavy atom. The summed E-state index contributed by atoms with van der Waals surface area (Å²) in [6.07, 6.45) is 6.57. The van der Waals surface area contributed by atoms with Gasteiger partial charge in [0.15, 0.2) is 0 Å². The van der Waals surface area contributed by atoms with Crippen LogP contribution in [0.4, 0.5) is 0 Å². The third kappa shape index (κ3) is 4.70. The van der Waals surface area contributed by atoms with Gasteiger partial charge in [-0.05, 0) is 78.8 Å². The molecule has 1 N–H and O–H groups in total.